The Morgan fingerprint density at radius 2 is 1.50 bits per heavy atom. The van der Waals surface area contributed by atoms with E-state index in [1.165, 1.54) is 0 Å². The van der Waals surface area contributed by atoms with Gasteiger partial charge >= 0.3 is 32.4 Å². The molecule has 0 aliphatic rings. The molecule has 0 aromatic rings. The second-order valence-electron chi connectivity index (χ2n) is 1.34. The SMILES string of the molecule is B[As](C)C. The molecule has 2 heteroatoms. The summed E-state index contributed by atoms with van der Waals surface area (Å²) in [4.78, 5) is 0. The van der Waals surface area contributed by atoms with Crippen molar-refractivity contribution >= 4 is 21.0 Å². The quantitative estimate of drug-likeness (QED) is 0.388. The molecule has 0 fully saturated rings. The van der Waals surface area contributed by atoms with Crippen molar-refractivity contribution in [3.8, 4) is 0 Å². The second kappa shape index (κ2) is 1.90. The van der Waals surface area contributed by atoms with Gasteiger partial charge in [-0.2, -0.15) is 0 Å². The minimum atomic E-state index is -0.188. The molecule has 0 saturated carbocycles. The molecule has 0 atom stereocenters. The molecule has 0 aromatic heterocycles. The Kier molecular flexibility index (Phi) is 2.20. The van der Waals surface area contributed by atoms with Gasteiger partial charge in [-0.3, -0.25) is 0 Å². The fourth-order valence-corrected chi connectivity index (χ4v) is 0. The molecule has 0 nitrogen and oxygen atoms in total. The standard InChI is InChI=1S/C2H8AsB/c1-3(2)4/h4H2,1-2H3. The summed E-state index contributed by atoms with van der Waals surface area (Å²) in [6.45, 7) is 2.31. The van der Waals surface area contributed by atoms with Crippen LogP contribution in [0.3, 0.4) is 0 Å². The van der Waals surface area contributed by atoms with Crippen LogP contribution in [-0.4, -0.2) is 21.0 Å². The first-order valence-corrected chi connectivity index (χ1v) is 6.97. The molecule has 4 heavy (non-hydrogen) atoms. The summed E-state index contributed by atoms with van der Waals surface area (Å²) in [5, 5.41) is 0. The number of rotatable bonds is 0. The third-order valence-electron chi connectivity index (χ3n) is 0. The van der Waals surface area contributed by atoms with E-state index in [9.17, 15) is 0 Å². The molecular formula is C2H8AsB. The molecule has 0 unspecified atom stereocenters. The van der Waals surface area contributed by atoms with Gasteiger partial charge in [0, 0.05) is 0 Å². The van der Waals surface area contributed by atoms with Crippen molar-refractivity contribution in [3.63, 3.8) is 0 Å². The Labute approximate surface area is 33.1 Å². The van der Waals surface area contributed by atoms with E-state index in [4.69, 9.17) is 0 Å². The fraction of sp³-hybridized carbons (Fsp3) is 1.00. The second-order valence-corrected chi connectivity index (χ2v) is 6.97. The van der Waals surface area contributed by atoms with Crippen molar-refractivity contribution in [1.29, 1.82) is 0 Å². The Morgan fingerprint density at radius 1 is 1.50 bits per heavy atom. The normalized spacial score (nSPS) is 8.75. The van der Waals surface area contributed by atoms with Crippen LogP contribution in [0, 0.1) is 0 Å². The molecule has 0 radical (unpaired) electrons. The molecule has 0 heterocycles. The molecule has 0 aromatic carbocycles. The molecule has 0 aliphatic carbocycles. The molecule has 0 rings (SSSR count). The predicted molar refractivity (Wildman–Crippen MR) is 26.0 cm³/mol. The summed E-state index contributed by atoms with van der Waals surface area (Å²) in [5.41, 5.74) is 4.62. The van der Waals surface area contributed by atoms with Crippen molar-refractivity contribution in [2.24, 2.45) is 0 Å². The fourth-order valence-electron chi connectivity index (χ4n) is 0. The molecule has 24 valence electrons. The maximum atomic E-state index is 2.31. The van der Waals surface area contributed by atoms with E-state index < -0.39 is 0 Å². The van der Waals surface area contributed by atoms with Gasteiger partial charge in [-0.1, -0.05) is 0 Å². The monoisotopic (exact) mass is 118 g/mol. The first kappa shape index (κ1) is 4.62. The van der Waals surface area contributed by atoms with Gasteiger partial charge in [0.25, 0.3) is 0 Å². The van der Waals surface area contributed by atoms with Crippen molar-refractivity contribution in [2.75, 3.05) is 0 Å². The van der Waals surface area contributed by atoms with E-state index in [-0.39, 0.29) is 14.5 Å². The van der Waals surface area contributed by atoms with E-state index in [0.29, 0.717) is 0 Å². The van der Waals surface area contributed by atoms with Crippen LogP contribution >= 0.6 is 0 Å². The first-order valence-electron chi connectivity index (χ1n) is 1.34. The Morgan fingerprint density at radius 3 is 1.50 bits per heavy atom. The maximum absolute atomic E-state index is 2.31. The van der Waals surface area contributed by atoms with Crippen LogP contribution in [0.4, 0.5) is 0 Å². The van der Waals surface area contributed by atoms with Crippen LogP contribution in [-0.2, 0) is 0 Å². The van der Waals surface area contributed by atoms with Crippen molar-refractivity contribution in [3.05, 3.63) is 0 Å². The Bertz CT molecular complexity index is 10.8. The predicted octanol–water partition coefficient (Wildman–Crippen LogP) is -0.129. The van der Waals surface area contributed by atoms with Gasteiger partial charge in [-0.25, -0.2) is 0 Å². The van der Waals surface area contributed by atoms with Crippen LogP contribution in [0.1, 0.15) is 0 Å². The summed E-state index contributed by atoms with van der Waals surface area (Å²) >= 11 is -0.188. The molecule has 0 bridgehead atoms. The van der Waals surface area contributed by atoms with Gasteiger partial charge in [0.15, 0.2) is 0 Å². The molecular weight excluding hydrogens is 110 g/mol. The van der Waals surface area contributed by atoms with Crippen LogP contribution in [0.2, 0.25) is 11.4 Å². The van der Waals surface area contributed by atoms with Gasteiger partial charge in [0.1, 0.15) is 0 Å². The number of hydrogen-bond donors (Lipinski definition) is 0. The average molecular weight is 118 g/mol. The van der Waals surface area contributed by atoms with E-state index in [1.54, 1.807) is 0 Å². The molecule has 0 aliphatic heterocycles. The molecule has 0 spiro atoms. The van der Waals surface area contributed by atoms with Crippen molar-refractivity contribution in [2.45, 2.75) is 11.4 Å². The zero-order chi connectivity index (χ0) is 3.58. The topological polar surface area (TPSA) is 0 Å². The van der Waals surface area contributed by atoms with E-state index in [2.05, 4.69) is 18.0 Å². The van der Waals surface area contributed by atoms with Crippen LogP contribution in [0.15, 0.2) is 0 Å². The summed E-state index contributed by atoms with van der Waals surface area (Å²) in [6, 6.07) is 0. The summed E-state index contributed by atoms with van der Waals surface area (Å²) < 4.78 is 0. The summed E-state index contributed by atoms with van der Waals surface area (Å²) in [6.07, 6.45) is 0. The van der Waals surface area contributed by atoms with Crippen molar-refractivity contribution in [1.82, 2.24) is 0 Å². The Hall–Kier alpha value is 0.623. The van der Waals surface area contributed by atoms with Crippen LogP contribution in [0.25, 0.3) is 0 Å². The van der Waals surface area contributed by atoms with Gasteiger partial charge in [-0.15, -0.1) is 0 Å². The van der Waals surface area contributed by atoms with Gasteiger partial charge in [0.2, 0.25) is 0 Å². The van der Waals surface area contributed by atoms with E-state index in [1.807, 2.05) is 0 Å². The Balaban J connectivity index is 2.32. The molecule has 0 saturated heterocycles. The van der Waals surface area contributed by atoms with E-state index in [0.717, 1.165) is 0 Å². The van der Waals surface area contributed by atoms with Gasteiger partial charge < -0.3 is 0 Å². The molecule has 0 amide bonds. The third kappa shape index (κ3) is 17.8. The van der Waals surface area contributed by atoms with Gasteiger partial charge in [0.05, 0.1) is 0 Å². The zero-order valence-corrected chi connectivity index (χ0v) is 5.32. The minimum absolute atomic E-state index is 0.188. The zero-order valence-electron chi connectivity index (χ0n) is 3.45. The first-order chi connectivity index (χ1) is 1.73. The van der Waals surface area contributed by atoms with Gasteiger partial charge in [-0.05, 0) is 0 Å². The van der Waals surface area contributed by atoms with Crippen LogP contribution < -0.4 is 0 Å². The third-order valence-corrected chi connectivity index (χ3v) is 0. The number of hydrogen-bond acceptors (Lipinski definition) is 0. The van der Waals surface area contributed by atoms with E-state index >= 15 is 0 Å². The van der Waals surface area contributed by atoms with Crippen molar-refractivity contribution < 1.29 is 0 Å². The summed E-state index contributed by atoms with van der Waals surface area (Å²) in [5.74, 6) is 0. The molecule has 0 N–H and O–H groups in total. The van der Waals surface area contributed by atoms with Crippen LogP contribution in [0.5, 0.6) is 0 Å². The average Bonchev–Trinajstić information content (AvgIpc) is 0.811. The summed E-state index contributed by atoms with van der Waals surface area (Å²) in [7, 11) is 0.